The van der Waals surface area contributed by atoms with Gasteiger partial charge in [-0.25, -0.2) is 4.79 Å². The smallest absolute Gasteiger partial charge is 0.410 e. The number of rotatable bonds is 8. The molecule has 1 amide bonds. The molecule has 1 atom stereocenters. The fourth-order valence-electron chi connectivity index (χ4n) is 4.50. The van der Waals surface area contributed by atoms with Crippen molar-refractivity contribution in [2.75, 3.05) is 60.0 Å². The molecule has 1 aromatic rings. The molecule has 7 heteroatoms. The van der Waals surface area contributed by atoms with Crippen molar-refractivity contribution in [1.82, 2.24) is 14.7 Å². The number of hydrogen-bond donors (Lipinski definition) is 0. The highest BCUT2D eigenvalue weighted by atomic mass is 16.7. The van der Waals surface area contributed by atoms with E-state index in [9.17, 15) is 4.79 Å². The van der Waals surface area contributed by atoms with Crippen LogP contribution in [-0.2, 0) is 20.8 Å². The summed E-state index contributed by atoms with van der Waals surface area (Å²) in [5.74, 6) is 0.487. The van der Waals surface area contributed by atoms with E-state index in [0.717, 1.165) is 64.2 Å². The zero-order chi connectivity index (χ0) is 21.3. The normalized spacial score (nSPS) is 21.9. The summed E-state index contributed by atoms with van der Waals surface area (Å²) in [4.78, 5) is 19.3. The first-order valence-corrected chi connectivity index (χ1v) is 11.1. The van der Waals surface area contributed by atoms with Gasteiger partial charge in [-0.2, -0.15) is 0 Å². The molecule has 2 aliphatic rings. The molecule has 0 aliphatic carbocycles. The van der Waals surface area contributed by atoms with Crippen LogP contribution in [0.4, 0.5) is 4.79 Å². The predicted molar refractivity (Wildman–Crippen MR) is 116 cm³/mol. The predicted octanol–water partition coefficient (Wildman–Crippen LogP) is 2.66. The summed E-state index contributed by atoms with van der Waals surface area (Å²) < 4.78 is 16.3. The van der Waals surface area contributed by atoms with Crippen molar-refractivity contribution >= 4 is 6.09 Å². The largest absolute Gasteiger partial charge is 0.445 e. The van der Waals surface area contributed by atoms with Gasteiger partial charge in [-0.05, 0) is 38.4 Å². The maximum Gasteiger partial charge on any atom is 0.410 e. The number of piperazine rings is 1. The Balaban J connectivity index is 1.35. The molecule has 7 nitrogen and oxygen atoms in total. The SMILES string of the molecule is COC(OC)C1CCN(CCN2CCN(C(=O)OCc3ccccc3)C[C@@H]2C)CC1. The van der Waals surface area contributed by atoms with Crippen molar-refractivity contribution in [2.45, 2.75) is 38.7 Å². The van der Waals surface area contributed by atoms with E-state index in [4.69, 9.17) is 14.2 Å². The molecule has 0 spiro atoms. The number of amides is 1. The van der Waals surface area contributed by atoms with Crippen LogP contribution in [0.2, 0.25) is 0 Å². The number of carbonyl (C=O) groups is 1. The molecule has 2 saturated heterocycles. The van der Waals surface area contributed by atoms with E-state index in [1.807, 2.05) is 35.2 Å². The van der Waals surface area contributed by atoms with Crippen molar-refractivity contribution in [3.8, 4) is 0 Å². The Bertz CT molecular complexity index is 633. The summed E-state index contributed by atoms with van der Waals surface area (Å²) in [6.07, 6.45) is 1.94. The molecule has 0 unspecified atom stereocenters. The van der Waals surface area contributed by atoms with Crippen molar-refractivity contribution in [2.24, 2.45) is 5.92 Å². The molecule has 30 heavy (non-hydrogen) atoms. The Labute approximate surface area is 180 Å². The number of hydrogen-bond acceptors (Lipinski definition) is 6. The monoisotopic (exact) mass is 419 g/mol. The Morgan fingerprint density at radius 2 is 1.73 bits per heavy atom. The molecule has 0 aromatic heterocycles. The molecule has 1 aromatic carbocycles. The van der Waals surface area contributed by atoms with E-state index >= 15 is 0 Å². The lowest BCUT2D eigenvalue weighted by Crippen LogP contribution is -2.55. The number of piperidine rings is 1. The fourth-order valence-corrected chi connectivity index (χ4v) is 4.50. The fraction of sp³-hybridized carbons (Fsp3) is 0.696. The highest BCUT2D eigenvalue weighted by Gasteiger charge is 2.29. The van der Waals surface area contributed by atoms with Gasteiger partial charge >= 0.3 is 6.09 Å². The molecule has 0 bridgehead atoms. The van der Waals surface area contributed by atoms with E-state index in [1.165, 1.54) is 0 Å². The molecule has 3 rings (SSSR count). The van der Waals surface area contributed by atoms with Crippen molar-refractivity contribution in [3.05, 3.63) is 35.9 Å². The average molecular weight is 420 g/mol. The first kappa shape index (κ1) is 23.0. The Kier molecular flexibility index (Phi) is 8.93. The van der Waals surface area contributed by atoms with E-state index in [0.29, 0.717) is 18.6 Å². The van der Waals surface area contributed by atoms with Crippen molar-refractivity contribution in [3.63, 3.8) is 0 Å². The number of nitrogens with zero attached hydrogens (tertiary/aromatic N) is 3. The first-order chi connectivity index (χ1) is 14.6. The highest BCUT2D eigenvalue weighted by molar-refractivity contribution is 5.67. The van der Waals surface area contributed by atoms with Gasteiger partial charge in [0.15, 0.2) is 6.29 Å². The molecular weight excluding hydrogens is 382 g/mol. The van der Waals surface area contributed by atoms with Gasteiger partial charge in [0.05, 0.1) is 0 Å². The van der Waals surface area contributed by atoms with Crippen LogP contribution in [0.25, 0.3) is 0 Å². The van der Waals surface area contributed by atoms with Gasteiger partial charge in [0.25, 0.3) is 0 Å². The Hall–Kier alpha value is -1.67. The van der Waals surface area contributed by atoms with Crippen LogP contribution in [0.1, 0.15) is 25.3 Å². The van der Waals surface area contributed by atoms with Crippen LogP contribution in [0, 0.1) is 5.92 Å². The van der Waals surface area contributed by atoms with Crippen LogP contribution < -0.4 is 0 Å². The standard InChI is InChI=1S/C23H37N3O4/c1-19-17-26(23(27)30-18-20-7-5-4-6-8-20)16-15-25(19)14-13-24-11-9-21(10-12-24)22(28-2)29-3/h4-8,19,21-22H,9-18H2,1-3H3/t19-/m0/s1. The van der Waals surface area contributed by atoms with Gasteiger partial charge in [0.2, 0.25) is 0 Å². The molecule has 0 radical (unpaired) electrons. The summed E-state index contributed by atoms with van der Waals surface area (Å²) in [5.41, 5.74) is 1.02. The topological polar surface area (TPSA) is 54.5 Å². The van der Waals surface area contributed by atoms with Gasteiger partial charge < -0.3 is 24.0 Å². The lowest BCUT2D eigenvalue weighted by atomic mass is 9.96. The minimum atomic E-state index is -0.210. The molecular formula is C23H37N3O4. The van der Waals surface area contributed by atoms with Crippen LogP contribution >= 0.6 is 0 Å². The lowest BCUT2D eigenvalue weighted by Gasteiger charge is -2.41. The summed E-state index contributed by atoms with van der Waals surface area (Å²) in [7, 11) is 3.44. The van der Waals surface area contributed by atoms with Gasteiger partial charge in [-0.15, -0.1) is 0 Å². The van der Waals surface area contributed by atoms with E-state index in [-0.39, 0.29) is 12.4 Å². The van der Waals surface area contributed by atoms with Gasteiger partial charge in [0.1, 0.15) is 6.61 Å². The Morgan fingerprint density at radius 3 is 2.37 bits per heavy atom. The second-order valence-corrected chi connectivity index (χ2v) is 8.39. The van der Waals surface area contributed by atoms with Gasteiger partial charge in [0, 0.05) is 58.9 Å². The number of likely N-dealkylation sites (tertiary alicyclic amines) is 1. The molecule has 0 N–H and O–H groups in total. The number of methoxy groups -OCH3 is 2. The summed E-state index contributed by atoms with van der Waals surface area (Å²) in [6.45, 7) is 9.16. The van der Waals surface area contributed by atoms with E-state index < -0.39 is 0 Å². The van der Waals surface area contributed by atoms with Crippen LogP contribution in [0.15, 0.2) is 30.3 Å². The number of carbonyl (C=O) groups excluding carboxylic acids is 1. The third-order valence-electron chi connectivity index (χ3n) is 6.41. The van der Waals surface area contributed by atoms with Gasteiger partial charge in [-0.3, -0.25) is 4.90 Å². The van der Waals surface area contributed by atoms with Crippen molar-refractivity contribution < 1.29 is 19.0 Å². The lowest BCUT2D eigenvalue weighted by molar-refractivity contribution is -0.147. The second-order valence-electron chi connectivity index (χ2n) is 8.39. The maximum atomic E-state index is 12.4. The zero-order valence-electron chi connectivity index (χ0n) is 18.7. The maximum absolute atomic E-state index is 12.4. The summed E-state index contributed by atoms with van der Waals surface area (Å²) in [6, 6.07) is 10.2. The third-order valence-corrected chi connectivity index (χ3v) is 6.41. The third kappa shape index (κ3) is 6.41. The Morgan fingerprint density at radius 1 is 1.03 bits per heavy atom. The van der Waals surface area contributed by atoms with Gasteiger partial charge in [-0.1, -0.05) is 30.3 Å². The quantitative estimate of drug-likeness (QED) is 0.604. The van der Waals surface area contributed by atoms with Crippen molar-refractivity contribution in [1.29, 1.82) is 0 Å². The van der Waals surface area contributed by atoms with E-state index in [2.05, 4.69) is 16.7 Å². The molecule has 2 heterocycles. The molecule has 2 fully saturated rings. The summed E-state index contributed by atoms with van der Waals surface area (Å²) in [5, 5.41) is 0. The van der Waals surface area contributed by atoms with Crippen LogP contribution in [0.5, 0.6) is 0 Å². The highest BCUT2D eigenvalue weighted by Crippen LogP contribution is 2.23. The van der Waals surface area contributed by atoms with E-state index in [1.54, 1.807) is 14.2 Å². The number of ether oxygens (including phenoxy) is 3. The van der Waals surface area contributed by atoms with Crippen LogP contribution in [-0.4, -0.2) is 93.2 Å². The summed E-state index contributed by atoms with van der Waals surface area (Å²) >= 11 is 0. The molecule has 168 valence electrons. The first-order valence-electron chi connectivity index (χ1n) is 11.1. The minimum absolute atomic E-state index is 0.0816. The average Bonchev–Trinajstić information content (AvgIpc) is 2.79. The minimum Gasteiger partial charge on any atom is -0.445 e. The molecule has 2 aliphatic heterocycles. The molecule has 0 saturated carbocycles. The zero-order valence-corrected chi connectivity index (χ0v) is 18.7. The second kappa shape index (κ2) is 11.6. The van der Waals surface area contributed by atoms with Crippen LogP contribution in [0.3, 0.4) is 0 Å². The number of benzene rings is 1.